The first kappa shape index (κ1) is 12.8. The van der Waals surface area contributed by atoms with Gasteiger partial charge in [-0.05, 0) is 6.42 Å². The van der Waals surface area contributed by atoms with Gasteiger partial charge in [-0.1, -0.05) is 18.5 Å². The maximum absolute atomic E-state index is 9.49. The van der Waals surface area contributed by atoms with Crippen LogP contribution in [0.5, 0.6) is 0 Å². The lowest BCUT2D eigenvalue weighted by atomic mass is 10.3. The molecular weight excluding hydrogens is 242 g/mol. The minimum Gasteiger partial charge on any atom is -0.389 e. The lowest BCUT2D eigenvalue weighted by Gasteiger charge is -2.14. The molecule has 1 aliphatic heterocycles. The fraction of sp³-hybridized carbons (Fsp3) is 0.727. The number of halogens is 1. The molecule has 2 heterocycles. The van der Waals surface area contributed by atoms with E-state index in [0.29, 0.717) is 24.7 Å². The maximum atomic E-state index is 9.49. The molecule has 0 amide bonds. The van der Waals surface area contributed by atoms with E-state index in [2.05, 4.69) is 5.10 Å². The summed E-state index contributed by atoms with van der Waals surface area (Å²) in [5.41, 5.74) is 1.83. The molecule has 1 fully saturated rings. The summed E-state index contributed by atoms with van der Waals surface area (Å²) in [6.07, 6.45) is -0.516. The average molecular weight is 260 g/mol. The number of β-amino-alcohol motifs (C(OH)–C–C–N with tert-alkyl or cyclic N) is 2. The van der Waals surface area contributed by atoms with Gasteiger partial charge in [0, 0.05) is 26.7 Å². The Morgan fingerprint density at radius 2 is 1.94 bits per heavy atom. The molecule has 1 aromatic rings. The smallest absolute Gasteiger partial charge is 0.0938 e. The molecular formula is C11H18ClN3O2. The lowest BCUT2D eigenvalue weighted by molar-refractivity contribution is 0.0572. The first-order valence-electron chi connectivity index (χ1n) is 5.81. The Hall–Kier alpha value is -0.620. The number of nitrogens with zero attached hydrogens (tertiary/aromatic N) is 3. The molecule has 2 rings (SSSR count). The van der Waals surface area contributed by atoms with Crippen LogP contribution >= 0.6 is 11.6 Å². The molecule has 6 heteroatoms. The van der Waals surface area contributed by atoms with Crippen molar-refractivity contribution in [1.82, 2.24) is 14.7 Å². The Morgan fingerprint density at radius 1 is 1.35 bits per heavy atom. The molecule has 0 radical (unpaired) electrons. The second-order valence-corrected chi connectivity index (χ2v) is 4.89. The van der Waals surface area contributed by atoms with Gasteiger partial charge < -0.3 is 10.2 Å². The van der Waals surface area contributed by atoms with Crippen LogP contribution in [-0.2, 0) is 20.0 Å². The van der Waals surface area contributed by atoms with Crippen LogP contribution in [-0.4, -0.2) is 50.2 Å². The van der Waals surface area contributed by atoms with Gasteiger partial charge in [0.2, 0.25) is 0 Å². The largest absolute Gasteiger partial charge is 0.389 e. The highest BCUT2D eigenvalue weighted by Crippen LogP contribution is 2.23. The first-order chi connectivity index (χ1) is 8.02. The lowest BCUT2D eigenvalue weighted by Crippen LogP contribution is -2.23. The Kier molecular flexibility index (Phi) is 3.73. The standard InChI is InChI=1S/C11H18ClN3O2/c1-3-7-11(12)8(14(2)13-7)4-15-5-9(16)10(17)6-15/h9-10,16-17H,3-6H2,1-2H3/t9-,10+. The van der Waals surface area contributed by atoms with Crippen molar-refractivity contribution in [3.63, 3.8) is 0 Å². The van der Waals surface area contributed by atoms with Crippen molar-refractivity contribution in [3.8, 4) is 0 Å². The van der Waals surface area contributed by atoms with Crippen LogP contribution in [0.25, 0.3) is 0 Å². The number of likely N-dealkylation sites (tertiary alicyclic amines) is 1. The van der Waals surface area contributed by atoms with Crippen molar-refractivity contribution in [2.24, 2.45) is 7.05 Å². The van der Waals surface area contributed by atoms with Crippen molar-refractivity contribution in [2.45, 2.75) is 32.1 Å². The monoisotopic (exact) mass is 259 g/mol. The molecule has 0 unspecified atom stereocenters. The van der Waals surface area contributed by atoms with E-state index in [1.807, 2.05) is 18.9 Å². The van der Waals surface area contributed by atoms with Crippen LogP contribution in [0.3, 0.4) is 0 Å². The van der Waals surface area contributed by atoms with E-state index in [9.17, 15) is 10.2 Å². The molecule has 0 saturated carbocycles. The summed E-state index contributed by atoms with van der Waals surface area (Å²) in [6.45, 7) is 3.58. The number of hydrogen-bond donors (Lipinski definition) is 2. The van der Waals surface area contributed by atoms with E-state index in [1.165, 1.54) is 0 Å². The van der Waals surface area contributed by atoms with Crippen molar-refractivity contribution in [1.29, 1.82) is 0 Å². The molecule has 0 aliphatic carbocycles. The average Bonchev–Trinajstić information content (AvgIpc) is 2.73. The topological polar surface area (TPSA) is 61.5 Å². The zero-order valence-corrected chi connectivity index (χ0v) is 10.9. The highest BCUT2D eigenvalue weighted by Gasteiger charge is 2.30. The molecule has 17 heavy (non-hydrogen) atoms. The van der Waals surface area contributed by atoms with E-state index in [0.717, 1.165) is 17.8 Å². The third-order valence-electron chi connectivity index (χ3n) is 3.21. The summed E-state index contributed by atoms with van der Waals surface area (Å²) in [7, 11) is 1.86. The van der Waals surface area contributed by atoms with E-state index < -0.39 is 12.2 Å². The SMILES string of the molecule is CCc1nn(C)c(CN2C[C@@H](O)[C@@H](O)C2)c1Cl. The summed E-state index contributed by atoms with van der Waals surface area (Å²) < 4.78 is 1.78. The summed E-state index contributed by atoms with van der Waals surface area (Å²) in [5, 5.41) is 24.0. The van der Waals surface area contributed by atoms with E-state index >= 15 is 0 Å². The molecule has 2 atom stereocenters. The summed E-state index contributed by atoms with van der Waals surface area (Å²) in [6, 6.07) is 0. The van der Waals surface area contributed by atoms with Crippen LogP contribution in [0.15, 0.2) is 0 Å². The fourth-order valence-corrected chi connectivity index (χ4v) is 2.53. The third-order valence-corrected chi connectivity index (χ3v) is 3.65. The van der Waals surface area contributed by atoms with Gasteiger partial charge in [0.15, 0.2) is 0 Å². The molecule has 1 saturated heterocycles. The van der Waals surface area contributed by atoms with Crippen molar-refractivity contribution in [3.05, 3.63) is 16.4 Å². The van der Waals surface area contributed by atoms with E-state index in [4.69, 9.17) is 11.6 Å². The number of aromatic nitrogens is 2. The predicted molar refractivity (Wildman–Crippen MR) is 64.9 cm³/mol. The molecule has 2 N–H and O–H groups in total. The van der Waals surface area contributed by atoms with Crippen LogP contribution in [0.2, 0.25) is 5.02 Å². The van der Waals surface area contributed by atoms with Crippen molar-refractivity contribution >= 4 is 11.6 Å². The molecule has 1 aliphatic rings. The number of aryl methyl sites for hydroxylation is 2. The number of hydrogen-bond acceptors (Lipinski definition) is 4. The maximum Gasteiger partial charge on any atom is 0.0938 e. The van der Waals surface area contributed by atoms with Crippen LogP contribution in [0.1, 0.15) is 18.3 Å². The molecule has 1 aromatic heterocycles. The van der Waals surface area contributed by atoms with Gasteiger partial charge in [0.1, 0.15) is 0 Å². The minimum atomic E-state index is -0.660. The predicted octanol–water partition coefficient (Wildman–Crippen LogP) is 0.173. The summed E-state index contributed by atoms with van der Waals surface area (Å²) in [4.78, 5) is 1.98. The van der Waals surface area contributed by atoms with Gasteiger partial charge in [0.25, 0.3) is 0 Å². The second kappa shape index (κ2) is 4.94. The van der Waals surface area contributed by atoms with Gasteiger partial charge in [-0.3, -0.25) is 9.58 Å². The third kappa shape index (κ3) is 2.47. The van der Waals surface area contributed by atoms with Crippen molar-refractivity contribution < 1.29 is 10.2 Å². The minimum absolute atomic E-state index is 0.476. The van der Waals surface area contributed by atoms with Crippen LogP contribution in [0.4, 0.5) is 0 Å². The molecule has 96 valence electrons. The van der Waals surface area contributed by atoms with Gasteiger partial charge in [-0.25, -0.2) is 0 Å². The quantitative estimate of drug-likeness (QED) is 0.813. The number of aliphatic hydroxyl groups is 2. The second-order valence-electron chi connectivity index (χ2n) is 4.51. The Bertz CT molecular complexity index is 398. The van der Waals surface area contributed by atoms with Gasteiger partial charge >= 0.3 is 0 Å². The van der Waals surface area contributed by atoms with Crippen LogP contribution in [0, 0.1) is 0 Å². The molecule has 0 spiro atoms. The highest BCUT2D eigenvalue weighted by molar-refractivity contribution is 6.31. The van der Waals surface area contributed by atoms with Gasteiger partial charge in [-0.2, -0.15) is 5.10 Å². The first-order valence-corrected chi connectivity index (χ1v) is 6.19. The number of aliphatic hydroxyl groups excluding tert-OH is 2. The van der Waals surface area contributed by atoms with E-state index in [-0.39, 0.29) is 0 Å². The van der Waals surface area contributed by atoms with Gasteiger partial charge in [0.05, 0.1) is 28.6 Å². The van der Waals surface area contributed by atoms with E-state index in [1.54, 1.807) is 4.68 Å². The number of rotatable bonds is 3. The fourth-order valence-electron chi connectivity index (χ4n) is 2.18. The molecule has 0 bridgehead atoms. The normalized spacial score (nSPS) is 25.7. The zero-order chi connectivity index (χ0) is 12.6. The Balaban J connectivity index is 2.11. The summed E-state index contributed by atoms with van der Waals surface area (Å²) >= 11 is 6.25. The zero-order valence-electron chi connectivity index (χ0n) is 10.1. The van der Waals surface area contributed by atoms with Crippen molar-refractivity contribution in [2.75, 3.05) is 13.1 Å². The Labute approximate surface area is 106 Å². The van der Waals surface area contributed by atoms with Gasteiger partial charge in [-0.15, -0.1) is 0 Å². The molecule has 0 aromatic carbocycles. The van der Waals surface area contributed by atoms with Crippen LogP contribution < -0.4 is 0 Å². The highest BCUT2D eigenvalue weighted by atomic mass is 35.5. The molecule has 5 nitrogen and oxygen atoms in total. The summed E-state index contributed by atoms with van der Waals surface area (Å²) in [5.74, 6) is 0. The Morgan fingerprint density at radius 3 is 2.41 bits per heavy atom.